The van der Waals surface area contributed by atoms with Crippen LogP contribution in [-0.2, 0) is 6.42 Å². The van der Waals surface area contributed by atoms with Gasteiger partial charge in [-0.05, 0) is 98.4 Å². The zero-order valence-corrected chi connectivity index (χ0v) is 19.8. The fourth-order valence-corrected chi connectivity index (χ4v) is 4.92. The van der Waals surface area contributed by atoms with Crippen molar-refractivity contribution in [2.75, 3.05) is 0 Å². The second-order valence-corrected chi connectivity index (χ2v) is 9.92. The quantitative estimate of drug-likeness (QED) is 0.389. The van der Waals surface area contributed by atoms with Crippen LogP contribution in [-0.4, -0.2) is 5.67 Å². The lowest BCUT2D eigenvalue weighted by Gasteiger charge is -2.20. The summed E-state index contributed by atoms with van der Waals surface area (Å²) in [5.74, 6) is 0.352. The molecule has 2 aromatic rings. The molecule has 2 atom stereocenters. The molecule has 0 amide bonds. The first-order valence-corrected chi connectivity index (χ1v) is 11.3. The number of allylic oxidation sites excluding steroid dienone is 3. The molecule has 0 aromatic heterocycles. The van der Waals surface area contributed by atoms with Crippen molar-refractivity contribution in [2.24, 2.45) is 0 Å². The van der Waals surface area contributed by atoms with Crippen molar-refractivity contribution >= 4 is 17.2 Å². The second kappa shape index (κ2) is 9.10. The van der Waals surface area contributed by atoms with Gasteiger partial charge in [0.2, 0.25) is 0 Å². The number of rotatable bonds is 7. The Labute approximate surface area is 186 Å². The molecule has 2 aromatic carbocycles. The van der Waals surface area contributed by atoms with Crippen molar-refractivity contribution in [3.05, 3.63) is 87.0 Å². The Morgan fingerprint density at radius 1 is 1.10 bits per heavy atom. The zero-order chi connectivity index (χ0) is 22.1. The summed E-state index contributed by atoms with van der Waals surface area (Å²) in [7, 11) is 0. The van der Waals surface area contributed by atoms with Crippen molar-refractivity contribution < 1.29 is 4.39 Å². The van der Waals surface area contributed by atoms with Crippen LogP contribution in [0.5, 0.6) is 0 Å². The third-order valence-electron chi connectivity index (χ3n) is 6.59. The van der Waals surface area contributed by atoms with Gasteiger partial charge in [0.15, 0.2) is 0 Å². The average Bonchev–Trinajstić information content (AvgIpc) is 2.97. The SMILES string of the molecule is C=C(C)CCc1ccc(C(C)CC2=C(c3ccc(Cl)cc3)CC(C)(F)C2)c(C)c1C. The van der Waals surface area contributed by atoms with Gasteiger partial charge in [0.1, 0.15) is 5.67 Å². The molecule has 0 bridgehead atoms. The van der Waals surface area contributed by atoms with E-state index in [2.05, 4.69) is 46.4 Å². The minimum Gasteiger partial charge on any atom is -0.243 e. The number of hydrogen-bond donors (Lipinski definition) is 0. The van der Waals surface area contributed by atoms with Gasteiger partial charge in [-0.3, -0.25) is 0 Å². The Bertz CT molecular complexity index is 963. The van der Waals surface area contributed by atoms with Crippen molar-refractivity contribution in [3.63, 3.8) is 0 Å². The molecule has 2 unspecified atom stereocenters. The summed E-state index contributed by atoms with van der Waals surface area (Å²) in [5, 5.41) is 0.716. The molecule has 1 aliphatic carbocycles. The summed E-state index contributed by atoms with van der Waals surface area (Å²) >= 11 is 6.06. The fraction of sp³-hybridized carbons (Fsp3) is 0.429. The van der Waals surface area contributed by atoms with Gasteiger partial charge < -0.3 is 0 Å². The maximum Gasteiger partial charge on any atom is 0.116 e. The molecule has 3 rings (SSSR count). The molecule has 0 saturated heterocycles. The van der Waals surface area contributed by atoms with Gasteiger partial charge in [-0.15, -0.1) is 6.58 Å². The fourth-order valence-electron chi connectivity index (χ4n) is 4.79. The molecule has 0 aliphatic heterocycles. The van der Waals surface area contributed by atoms with Gasteiger partial charge in [-0.2, -0.15) is 0 Å². The van der Waals surface area contributed by atoms with Crippen molar-refractivity contribution in [3.8, 4) is 0 Å². The van der Waals surface area contributed by atoms with Crippen LogP contribution in [0, 0.1) is 13.8 Å². The van der Waals surface area contributed by atoms with Gasteiger partial charge in [-0.25, -0.2) is 4.39 Å². The molecule has 30 heavy (non-hydrogen) atoms. The molecule has 0 heterocycles. The molecule has 0 N–H and O–H groups in total. The highest BCUT2D eigenvalue weighted by Gasteiger charge is 2.35. The highest BCUT2D eigenvalue weighted by Crippen LogP contribution is 2.46. The van der Waals surface area contributed by atoms with Crippen LogP contribution in [0.1, 0.15) is 80.2 Å². The smallest absolute Gasteiger partial charge is 0.116 e. The molecule has 0 radical (unpaired) electrons. The van der Waals surface area contributed by atoms with Gasteiger partial charge >= 0.3 is 0 Å². The Morgan fingerprint density at radius 2 is 1.77 bits per heavy atom. The van der Waals surface area contributed by atoms with Crippen LogP contribution in [0.4, 0.5) is 4.39 Å². The van der Waals surface area contributed by atoms with E-state index in [0.29, 0.717) is 23.8 Å². The molecule has 160 valence electrons. The van der Waals surface area contributed by atoms with Gasteiger partial charge in [0.05, 0.1) is 0 Å². The number of alkyl halides is 1. The van der Waals surface area contributed by atoms with Crippen LogP contribution in [0.2, 0.25) is 5.02 Å². The Kier molecular flexibility index (Phi) is 6.92. The van der Waals surface area contributed by atoms with E-state index in [1.54, 1.807) is 6.92 Å². The zero-order valence-electron chi connectivity index (χ0n) is 19.0. The first-order valence-electron chi connectivity index (χ1n) is 11.0. The lowest BCUT2D eigenvalue weighted by Crippen LogP contribution is -2.12. The van der Waals surface area contributed by atoms with Crippen molar-refractivity contribution in [2.45, 2.75) is 78.3 Å². The Balaban J connectivity index is 1.87. The number of benzene rings is 2. The van der Waals surface area contributed by atoms with Crippen LogP contribution in [0.25, 0.3) is 5.57 Å². The van der Waals surface area contributed by atoms with Gasteiger partial charge in [0, 0.05) is 17.9 Å². The molecule has 0 fully saturated rings. The maximum atomic E-state index is 15.0. The molecule has 1 aliphatic rings. The van der Waals surface area contributed by atoms with Crippen LogP contribution < -0.4 is 0 Å². The standard InChI is InChI=1S/C28H34ClF/c1-18(2)7-8-22-11-14-26(21(5)20(22)4)19(3)15-24-16-28(6,30)17-27(24)23-9-12-25(29)13-10-23/h9-14,19H,1,7-8,15-17H2,2-6H3. The summed E-state index contributed by atoms with van der Waals surface area (Å²) < 4.78 is 15.0. The van der Waals surface area contributed by atoms with E-state index in [4.69, 9.17) is 11.6 Å². The highest BCUT2D eigenvalue weighted by molar-refractivity contribution is 6.30. The maximum absolute atomic E-state index is 15.0. The van der Waals surface area contributed by atoms with Gasteiger partial charge in [0.25, 0.3) is 0 Å². The molecule has 0 spiro atoms. The number of halogens is 2. The largest absolute Gasteiger partial charge is 0.243 e. The number of aryl methyl sites for hydroxylation is 1. The lowest BCUT2D eigenvalue weighted by atomic mass is 9.85. The summed E-state index contributed by atoms with van der Waals surface area (Å²) in [6, 6.07) is 12.4. The van der Waals surface area contributed by atoms with E-state index in [1.807, 2.05) is 24.3 Å². The minimum atomic E-state index is -1.17. The normalized spacial score (nSPS) is 20.0. The molecule has 2 heteroatoms. The Hall–Kier alpha value is -1.86. The summed E-state index contributed by atoms with van der Waals surface area (Å²) in [6.45, 7) is 14.6. The van der Waals surface area contributed by atoms with E-state index >= 15 is 4.39 Å². The molecular formula is C28H34ClF. The van der Waals surface area contributed by atoms with Crippen LogP contribution in [0.3, 0.4) is 0 Å². The monoisotopic (exact) mass is 424 g/mol. The minimum absolute atomic E-state index is 0.352. The van der Waals surface area contributed by atoms with E-state index < -0.39 is 5.67 Å². The van der Waals surface area contributed by atoms with Crippen molar-refractivity contribution in [1.29, 1.82) is 0 Å². The van der Waals surface area contributed by atoms with E-state index in [1.165, 1.54) is 33.4 Å². The molecule has 0 nitrogen and oxygen atoms in total. The van der Waals surface area contributed by atoms with Crippen LogP contribution in [0.15, 0.2) is 54.1 Å². The van der Waals surface area contributed by atoms with E-state index in [9.17, 15) is 0 Å². The summed E-state index contributed by atoms with van der Waals surface area (Å²) in [4.78, 5) is 0. The Morgan fingerprint density at radius 3 is 2.40 bits per heavy atom. The number of hydrogen-bond acceptors (Lipinski definition) is 0. The first kappa shape index (κ1) is 22.8. The average molecular weight is 425 g/mol. The predicted molar refractivity (Wildman–Crippen MR) is 129 cm³/mol. The van der Waals surface area contributed by atoms with Gasteiger partial charge in [-0.1, -0.05) is 53.9 Å². The topological polar surface area (TPSA) is 0 Å². The summed E-state index contributed by atoms with van der Waals surface area (Å²) in [5.41, 5.74) is 9.11. The van der Waals surface area contributed by atoms with E-state index in [0.717, 1.165) is 30.4 Å². The van der Waals surface area contributed by atoms with Crippen LogP contribution >= 0.6 is 11.6 Å². The second-order valence-electron chi connectivity index (χ2n) is 9.48. The first-order chi connectivity index (χ1) is 14.1. The predicted octanol–water partition coefficient (Wildman–Crippen LogP) is 8.93. The third kappa shape index (κ3) is 5.24. The highest BCUT2D eigenvalue weighted by atomic mass is 35.5. The molecule has 0 saturated carbocycles. The van der Waals surface area contributed by atoms with Crippen molar-refractivity contribution in [1.82, 2.24) is 0 Å². The summed E-state index contributed by atoms with van der Waals surface area (Å²) in [6.07, 6.45) is 3.96. The third-order valence-corrected chi connectivity index (χ3v) is 6.84. The van der Waals surface area contributed by atoms with E-state index in [-0.39, 0.29) is 0 Å². The lowest BCUT2D eigenvalue weighted by molar-refractivity contribution is 0.207. The molecular weight excluding hydrogens is 391 g/mol.